The van der Waals surface area contributed by atoms with E-state index in [2.05, 4.69) is 40.3 Å². The molecule has 0 spiro atoms. The average Bonchev–Trinajstić information content (AvgIpc) is 2.94. The molecule has 3 nitrogen and oxygen atoms in total. The predicted molar refractivity (Wildman–Crippen MR) is 85.5 cm³/mol. The van der Waals surface area contributed by atoms with Crippen LogP contribution in [0.4, 0.5) is 0 Å². The molecule has 112 valence electrons. The molecular weight excluding hydrogens is 318 g/mol. The number of halogens is 1. The fourth-order valence-electron chi connectivity index (χ4n) is 2.78. The third-order valence-electron chi connectivity index (χ3n) is 3.78. The molecule has 0 bridgehead atoms. The van der Waals surface area contributed by atoms with Crippen LogP contribution in [0.2, 0.25) is 0 Å². The number of nitrogens with one attached hydrogen (secondary N) is 1. The Hall–Kier alpha value is -0.580. The number of rotatable bonds is 7. The van der Waals surface area contributed by atoms with Crippen molar-refractivity contribution in [3.8, 4) is 5.75 Å². The number of hydrogen-bond donors (Lipinski definition) is 1. The summed E-state index contributed by atoms with van der Waals surface area (Å²) < 4.78 is 12.2. The van der Waals surface area contributed by atoms with E-state index < -0.39 is 0 Å². The molecule has 1 aliphatic heterocycles. The molecule has 1 aliphatic rings. The Morgan fingerprint density at radius 3 is 3.00 bits per heavy atom. The lowest BCUT2D eigenvalue weighted by Crippen LogP contribution is -2.34. The van der Waals surface area contributed by atoms with Crippen molar-refractivity contribution in [1.82, 2.24) is 5.32 Å². The summed E-state index contributed by atoms with van der Waals surface area (Å²) in [5, 5.41) is 3.58. The van der Waals surface area contributed by atoms with E-state index in [1.165, 1.54) is 18.4 Å². The Morgan fingerprint density at radius 1 is 1.50 bits per heavy atom. The van der Waals surface area contributed by atoms with Crippen LogP contribution < -0.4 is 10.1 Å². The smallest absolute Gasteiger partial charge is 0.119 e. The molecule has 0 radical (unpaired) electrons. The normalized spacial score (nSPS) is 20.1. The molecule has 0 amide bonds. The zero-order valence-corrected chi connectivity index (χ0v) is 13.9. The van der Waals surface area contributed by atoms with Gasteiger partial charge in [-0.1, -0.05) is 22.9 Å². The van der Waals surface area contributed by atoms with Crippen molar-refractivity contribution in [2.45, 2.75) is 44.8 Å². The van der Waals surface area contributed by atoms with Gasteiger partial charge in [0.25, 0.3) is 0 Å². The molecule has 4 heteroatoms. The lowest BCUT2D eigenvalue weighted by atomic mass is 9.99. The van der Waals surface area contributed by atoms with Gasteiger partial charge >= 0.3 is 0 Å². The highest BCUT2D eigenvalue weighted by atomic mass is 79.9. The minimum absolute atomic E-state index is 0.420. The summed E-state index contributed by atoms with van der Waals surface area (Å²) in [5.74, 6) is 0.913. The first kappa shape index (κ1) is 15.8. The molecule has 1 aromatic carbocycles. The van der Waals surface area contributed by atoms with Crippen LogP contribution in [0.1, 0.15) is 31.7 Å². The lowest BCUT2D eigenvalue weighted by Gasteiger charge is -2.22. The highest BCUT2D eigenvalue weighted by Gasteiger charge is 2.21. The van der Waals surface area contributed by atoms with E-state index in [-0.39, 0.29) is 0 Å². The third-order valence-corrected chi connectivity index (χ3v) is 4.56. The molecule has 1 N–H and O–H groups in total. The summed E-state index contributed by atoms with van der Waals surface area (Å²) in [6, 6.07) is 6.61. The third kappa shape index (κ3) is 4.47. The number of ether oxygens (including phenoxy) is 2. The van der Waals surface area contributed by atoms with Gasteiger partial charge in [-0.15, -0.1) is 0 Å². The quantitative estimate of drug-likeness (QED) is 0.822. The number of methoxy groups -OCH3 is 1. The van der Waals surface area contributed by atoms with Gasteiger partial charge in [-0.25, -0.2) is 0 Å². The maximum atomic E-state index is 5.77. The van der Waals surface area contributed by atoms with Crippen molar-refractivity contribution in [2.75, 3.05) is 20.3 Å². The zero-order valence-electron chi connectivity index (χ0n) is 12.3. The van der Waals surface area contributed by atoms with Gasteiger partial charge in [0.15, 0.2) is 0 Å². The minimum atomic E-state index is 0.420. The molecule has 0 saturated carbocycles. The van der Waals surface area contributed by atoms with Gasteiger partial charge in [-0.05, 0) is 56.0 Å². The Kier molecular flexibility index (Phi) is 6.33. The second-order valence-corrected chi connectivity index (χ2v) is 6.14. The number of likely N-dealkylation sites (N-methyl/N-ethyl adjacent to an activating group) is 1. The van der Waals surface area contributed by atoms with Crippen molar-refractivity contribution in [1.29, 1.82) is 0 Å². The van der Waals surface area contributed by atoms with Crippen LogP contribution in [0.25, 0.3) is 0 Å². The minimum Gasteiger partial charge on any atom is -0.497 e. The van der Waals surface area contributed by atoms with E-state index >= 15 is 0 Å². The molecular formula is C16H24BrNO2. The molecule has 2 rings (SSSR count). The van der Waals surface area contributed by atoms with Crippen molar-refractivity contribution < 1.29 is 9.47 Å². The summed E-state index contributed by atoms with van der Waals surface area (Å²) in [6.07, 6.45) is 4.89. The molecule has 1 fully saturated rings. The van der Waals surface area contributed by atoms with E-state index in [4.69, 9.17) is 9.47 Å². The molecule has 20 heavy (non-hydrogen) atoms. The maximum Gasteiger partial charge on any atom is 0.119 e. The fourth-order valence-corrected chi connectivity index (χ4v) is 3.18. The largest absolute Gasteiger partial charge is 0.497 e. The van der Waals surface area contributed by atoms with E-state index in [9.17, 15) is 0 Å². The van der Waals surface area contributed by atoms with Gasteiger partial charge in [-0.2, -0.15) is 0 Å². The molecule has 1 heterocycles. The second kappa shape index (κ2) is 8.01. The second-order valence-electron chi connectivity index (χ2n) is 5.29. The first-order valence-corrected chi connectivity index (χ1v) is 8.19. The van der Waals surface area contributed by atoms with Gasteiger partial charge in [-0.3, -0.25) is 0 Å². The molecule has 1 saturated heterocycles. The molecule has 2 unspecified atom stereocenters. The van der Waals surface area contributed by atoms with Crippen LogP contribution in [0.15, 0.2) is 22.7 Å². The van der Waals surface area contributed by atoms with Crippen molar-refractivity contribution >= 4 is 15.9 Å². The molecule has 0 aromatic heterocycles. The Morgan fingerprint density at radius 2 is 2.35 bits per heavy atom. The zero-order chi connectivity index (χ0) is 14.4. The molecule has 0 aliphatic carbocycles. The Bertz CT molecular complexity index is 419. The van der Waals surface area contributed by atoms with Gasteiger partial charge < -0.3 is 14.8 Å². The van der Waals surface area contributed by atoms with E-state index in [1.807, 2.05) is 6.07 Å². The predicted octanol–water partition coefficient (Wildman–Crippen LogP) is 3.55. The van der Waals surface area contributed by atoms with Crippen molar-refractivity contribution in [3.05, 3.63) is 28.2 Å². The summed E-state index contributed by atoms with van der Waals surface area (Å²) >= 11 is 3.64. The van der Waals surface area contributed by atoms with Crippen LogP contribution in [0, 0.1) is 0 Å². The number of hydrogen-bond acceptors (Lipinski definition) is 3. The summed E-state index contributed by atoms with van der Waals surface area (Å²) in [4.78, 5) is 0. The van der Waals surface area contributed by atoms with Gasteiger partial charge in [0.1, 0.15) is 5.75 Å². The SMILES string of the molecule is CCNC(Cc1cc(OC)ccc1Br)CC1CCCO1. The standard InChI is InChI=1S/C16H24BrNO2/c1-3-18-13(11-15-5-4-8-20-15)9-12-10-14(19-2)6-7-16(12)17/h6-7,10,13,15,18H,3-5,8-9,11H2,1-2H3. The van der Waals surface area contributed by atoms with E-state index in [0.29, 0.717) is 12.1 Å². The van der Waals surface area contributed by atoms with Crippen LogP contribution in [0.5, 0.6) is 5.75 Å². The number of benzene rings is 1. The fraction of sp³-hybridized carbons (Fsp3) is 0.625. The van der Waals surface area contributed by atoms with Crippen LogP contribution in [-0.2, 0) is 11.2 Å². The summed E-state index contributed by atoms with van der Waals surface area (Å²) in [7, 11) is 1.71. The van der Waals surface area contributed by atoms with E-state index in [1.54, 1.807) is 7.11 Å². The Balaban J connectivity index is 2.02. The van der Waals surface area contributed by atoms with Crippen molar-refractivity contribution in [2.24, 2.45) is 0 Å². The van der Waals surface area contributed by atoms with Crippen LogP contribution in [-0.4, -0.2) is 32.4 Å². The van der Waals surface area contributed by atoms with Crippen LogP contribution >= 0.6 is 15.9 Å². The summed E-state index contributed by atoms with van der Waals surface area (Å²) in [6.45, 7) is 4.06. The van der Waals surface area contributed by atoms with Gasteiger partial charge in [0.2, 0.25) is 0 Å². The monoisotopic (exact) mass is 341 g/mol. The highest BCUT2D eigenvalue weighted by molar-refractivity contribution is 9.10. The van der Waals surface area contributed by atoms with Gasteiger partial charge in [0.05, 0.1) is 13.2 Å². The molecule has 2 atom stereocenters. The van der Waals surface area contributed by atoms with Gasteiger partial charge in [0, 0.05) is 17.1 Å². The Labute approximate surface area is 130 Å². The average molecular weight is 342 g/mol. The first-order valence-electron chi connectivity index (χ1n) is 7.40. The maximum absolute atomic E-state index is 5.77. The molecule has 1 aromatic rings. The van der Waals surface area contributed by atoms with E-state index in [0.717, 1.165) is 36.2 Å². The highest BCUT2D eigenvalue weighted by Crippen LogP contribution is 2.25. The topological polar surface area (TPSA) is 30.5 Å². The first-order chi connectivity index (χ1) is 9.72. The van der Waals surface area contributed by atoms with Crippen molar-refractivity contribution in [3.63, 3.8) is 0 Å². The lowest BCUT2D eigenvalue weighted by molar-refractivity contribution is 0.0947. The van der Waals surface area contributed by atoms with Crippen LogP contribution in [0.3, 0.4) is 0 Å². The summed E-state index contributed by atoms with van der Waals surface area (Å²) in [5.41, 5.74) is 1.29.